The normalized spacial score (nSPS) is 24.3. The summed E-state index contributed by atoms with van der Waals surface area (Å²) in [6, 6.07) is 12.1. The van der Waals surface area contributed by atoms with Gasteiger partial charge in [0.1, 0.15) is 5.75 Å². The predicted octanol–water partition coefficient (Wildman–Crippen LogP) is 5.31. The van der Waals surface area contributed by atoms with Gasteiger partial charge in [-0.1, -0.05) is 18.6 Å². The SMILES string of the molecule is COC(=O)c1ccc(Oc2ccc(C3CC4CCC3C4)cc2)c(F)c1. The monoisotopic (exact) mass is 340 g/mol. The first kappa shape index (κ1) is 16.1. The molecule has 2 aromatic rings. The molecular weight excluding hydrogens is 319 g/mol. The van der Waals surface area contributed by atoms with Crippen LogP contribution in [0.5, 0.6) is 11.5 Å². The molecular formula is C21H21FO3. The molecule has 3 atom stereocenters. The summed E-state index contributed by atoms with van der Waals surface area (Å²) in [4.78, 5) is 11.4. The first-order valence-electron chi connectivity index (χ1n) is 8.79. The number of hydrogen-bond donors (Lipinski definition) is 0. The second-order valence-electron chi connectivity index (χ2n) is 7.09. The summed E-state index contributed by atoms with van der Waals surface area (Å²) in [6.07, 6.45) is 5.42. The maximum Gasteiger partial charge on any atom is 0.337 e. The molecule has 0 spiro atoms. The topological polar surface area (TPSA) is 35.5 Å². The van der Waals surface area contributed by atoms with Crippen LogP contribution in [0.15, 0.2) is 42.5 Å². The highest BCUT2D eigenvalue weighted by molar-refractivity contribution is 5.89. The summed E-state index contributed by atoms with van der Waals surface area (Å²) < 4.78 is 24.3. The van der Waals surface area contributed by atoms with E-state index >= 15 is 0 Å². The minimum absolute atomic E-state index is 0.0975. The van der Waals surface area contributed by atoms with Crippen LogP contribution >= 0.6 is 0 Å². The van der Waals surface area contributed by atoms with E-state index in [0.29, 0.717) is 11.7 Å². The molecule has 0 saturated heterocycles. The highest BCUT2D eigenvalue weighted by Gasteiger charge is 2.39. The van der Waals surface area contributed by atoms with Gasteiger partial charge in [0.05, 0.1) is 12.7 Å². The summed E-state index contributed by atoms with van der Waals surface area (Å²) in [5.41, 5.74) is 1.53. The largest absolute Gasteiger partial charge is 0.465 e. The van der Waals surface area contributed by atoms with Crippen LogP contribution in [0.2, 0.25) is 0 Å². The number of ether oxygens (including phenoxy) is 2. The molecule has 3 nitrogen and oxygen atoms in total. The van der Waals surface area contributed by atoms with Crippen molar-refractivity contribution < 1.29 is 18.7 Å². The quantitative estimate of drug-likeness (QED) is 0.708. The number of halogens is 1. The van der Waals surface area contributed by atoms with Crippen LogP contribution in [0, 0.1) is 17.7 Å². The molecule has 2 bridgehead atoms. The van der Waals surface area contributed by atoms with E-state index in [1.54, 1.807) is 0 Å². The third kappa shape index (κ3) is 3.13. The van der Waals surface area contributed by atoms with Gasteiger partial charge in [0.2, 0.25) is 0 Å². The molecule has 2 aliphatic carbocycles. The van der Waals surface area contributed by atoms with E-state index in [-0.39, 0.29) is 11.3 Å². The summed E-state index contributed by atoms with van der Waals surface area (Å²) in [5, 5.41) is 0. The number of esters is 1. The molecule has 2 aliphatic rings. The fourth-order valence-electron chi connectivity index (χ4n) is 4.39. The fourth-order valence-corrected chi connectivity index (χ4v) is 4.39. The van der Waals surface area contributed by atoms with Crippen molar-refractivity contribution >= 4 is 5.97 Å². The number of benzene rings is 2. The van der Waals surface area contributed by atoms with Crippen molar-refractivity contribution in [1.29, 1.82) is 0 Å². The lowest BCUT2D eigenvalue weighted by Crippen LogP contribution is -2.08. The highest BCUT2D eigenvalue weighted by atomic mass is 19.1. The van der Waals surface area contributed by atoms with Gasteiger partial charge in [0.15, 0.2) is 11.6 Å². The van der Waals surface area contributed by atoms with Crippen LogP contribution in [0.25, 0.3) is 0 Å². The van der Waals surface area contributed by atoms with Crippen LogP contribution in [-0.4, -0.2) is 13.1 Å². The maximum atomic E-state index is 14.1. The van der Waals surface area contributed by atoms with Gasteiger partial charge >= 0.3 is 5.97 Å². The molecule has 0 aromatic heterocycles. The van der Waals surface area contributed by atoms with Gasteiger partial charge in [0, 0.05) is 0 Å². The Bertz CT molecular complexity index is 784. The summed E-state index contributed by atoms with van der Waals surface area (Å²) in [5.74, 6) is 1.95. The number of carbonyl (C=O) groups is 1. The lowest BCUT2D eigenvalue weighted by atomic mass is 9.83. The Kier molecular flexibility index (Phi) is 4.20. The van der Waals surface area contributed by atoms with E-state index in [2.05, 4.69) is 16.9 Å². The van der Waals surface area contributed by atoms with Gasteiger partial charge in [-0.2, -0.15) is 0 Å². The molecule has 4 heteroatoms. The van der Waals surface area contributed by atoms with Crippen LogP contribution < -0.4 is 4.74 Å². The molecule has 2 fully saturated rings. The second-order valence-corrected chi connectivity index (χ2v) is 7.09. The number of rotatable bonds is 4. The lowest BCUT2D eigenvalue weighted by Gasteiger charge is -2.22. The summed E-state index contributed by atoms with van der Waals surface area (Å²) in [6.45, 7) is 0. The molecule has 0 heterocycles. The first-order valence-corrected chi connectivity index (χ1v) is 8.79. The van der Waals surface area contributed by atoms with Crippen molar-refractivity contribution in [3.8, 4) is 11.5 Å². The molecule has 2 saturated carbocycles. The van der Waals surface area contributed by atoms with Gasteiger partial charge in [0.25, 0.3) is 0 Å². The number of methoxy groups -OCH3 is 1. The minimum Gasteiger partial charge on any atom is -0.465 e. The highest BCUT2D eigenvalue weighted by Crippen LogP contribution is 2.52. The van der Waals surface area contributed by atoms with Crippen LogP contribution in [0.1, 0.15) is 47.5 Å². The first-order chi connectivity index (χ1) is 12.1. The predicted molar refractivity (Wildman–Crippen MR) is 92.4 cm³/mol. The van der Waals surface area contributed by atoms with Crippen molar-refractivity contribution in [1.82, 2.24) is 0 Å². The van der Waals surface area contributed by atoms with Crippen LogP contribution in [-0.2, 0) is 4.74 Å². The molecule has 130 valence electrons. The van der Waals surface area contributed by atoms with E-state index in [9.17, 15) is 9.18 Å². The average Bonchev–Trinajstić information content (AvgIpc) is 3.27. The van der Waals surface area contributed by atoms with Crippen molar-refractivity contribution in [3.05, 3.63) is 59.4 Å². The fraction of sp³-hybridized carbons (Fsp3) is 0.381. The van der Waals surface area contributed by atoms with Gasteiger partial charge in [-0.05, 0) is 72.9 Å². The van der Waals surface area contributed by atoms with Crippen molar-refractivity contribution in [2.24, 2.45) is 11.8 Å². The van der Waals surface area contributed by atoms with E-state index in [1.165, 1.54) is 50.5 Å². The number of hydrogen-bond acceptors (Lipinski definition) is 3. The van der Waals surface area contributed by atoms with Crippen LogP contribution in [0.4, 0.5) is 4.39 Å². The van der Waals surface area contributed by atoms with Gasteiger partial charge < -0.3 is 9.47 Å². The van der Waals surface area contributed by atoms with Crippen LogP contribution in [0.3, 0.4) is 0 Å². The van der Waals surface area contributed by atoms with Gasteiger partial charge in [-0.25, -0.2) is 9.18 Å². The van der Waals surface area contributed by atoms with Crippen molar-refractivity contribution in [3.63, 3.8) is 0 Å². The molecule has 2 aromatic carbocycles. The van der Waals surface area contributed by atoms with Crippen molar-refractivity contribution in [2.45, 2.75) is 31.6 Å². The molecule has 3 unspecified atom stereocenters. The summed E-state index contributed by atoms with van der Waals surface area (Å²) in [7, 11) is 1.27. The second kappa shape index (κ2) is 6.51. The Morgan fingerprint density at radius 3 is 2.48 bits per heavy atom. The molecule has 25 heavy (non-hydrogen) atoms. The Hall–Kier alpha value is -2.36. The Morgan fingerprint density at radius 2 is 1.88 bits per heavy atom. The Morgan fingerprint density at radius 1 is 1.08 bits per heavy atom. The number of fused-ring (bicyclic) bond motifs is 2. The molecule has 0 radical (unpaired) electrons. The van der Waals surface area contributed by atoms with E-state index < -0.39 is 11.8 Å². The molecule has 4 rings (SSSR count). The van der Waals surface area contributed by atoms with Gasteiger partial charge in [-0.15, -0.1) is 0 Å². The zero-order valence-electron chi connectivity index (χ0n) is 14.2. The third-order valence-corrected chi connectivity index (χ3v) is 5.63. The Balaban J connectivity index is 1.47. The minimum atomic E-state index is -0.583. The maximum absolute atomic E-state index is 14.1. The smallest absolute Gasteiger partial charge is 0.337 e. The van der Waals surface area contributed by atoms with Crippen molar-refractivity contribution in [2.75, 3.05) is 7.11 Å². The van der Waals surface area contributed by atoms with E-state index in [1.807, 2.05) is 12.1 Å². The van der Waals surface area contributed by atoms with E-state index in [4.69, 9.17) is 4.74 Å². The Labute approximate surface area is 146 Å². The third-order valence-electron chi connectivity index (χ3n) is 5.63. The lowest BCUT2D eigenvalue weighted by molar-refractivity contribution is 0.0600. The zero-order chi connectivity index (χ0) is 17.4. The van der Waals surface area contributed by atoms with E-state index in [0.717, 1.165) is 17.9 Å². The molecule has 0 N–H and O–H groups in total. The number of carbonyl (C=O) groups excluding carboxylic acids is 1. The molecule has 0 amide bonds. The van der Waals surface area contributed by atoms with Gasteiger partial charge in [-0.3, -0.25) is 0 Å². The average molecular weight is 340 g/mol. The molecule has 0 aliphatic heterocycles. The standard InChI is InChI=1S/C21H21FO3/c1-24-21(23)16-6-9-20(19(22)12-16)25-17-7-4-14(5-8-17)18-11-13-2-3-15(18)10-13/h4-9,12-13,15,18H,2-3,10-11H2,1H3. The zero-order valence-corrected chi connectivity index (χ0v) is 14.2. The summed E-state index contributed by atoms with van der Waals surface area (Å²) >= 11 is 0.